The first kappa shape index (κ1) is 14.5. The fraction of sp³-hybridized carbons (Fsp3) is 0.647. The lowest BCUT2D eigenvalue weighted by molar-refractivity contribution is 0.125. The Kier molecular flexibility index (Phi) is 5.00. The molecule has 1 N–H and O–H groups in total. The standard InChI is InChI=1S/C17H27NO/c1-4-5-11-19-12-10-18-16-15-9-7-6-8-14(15)13-17(16,2)3/h6-9,16,18H,4-5,10-13H2,1-3H3. The van der Waals surface area contributed by atoms with E-state index in [9.17, 15) is 0 Å². The number of hydrogen-bond donors (Lipinski definition) is 1. The van der Waals surface area contributed by atoms with Gasteiger partial charge in [0.25, 0.3) is 0 Å². The molecule has 1 aliphatic rings. The molecule has 19 heavy (non-hydrogen) atoms. The van der Waals surface area contributed by atoms with Crippen molar-refractivity contribution in [2.45, 2.75) is 46.1 Å². The third kappa shape index (κ3) is 3.58. The van der Waals surface area contributed by atoms with Crippen LogP contribution in [0.25, 0.3) is 0 Å². The SMILES string of the molecule is CCCCOCCNC1c2ccccc2CC1(C)C. The summed E-state index contributed by atoms with van der Waals surface area (Å²) in [6.45, 7) is 9.54. The average Bonchev–Trinajstić information content (AvgIpc) is 2.64. The molecule has 1 unspecified atom stereocenters. The number of benzene rings is 1. The van der Waals surface area contributed by atoms with Crippen molar-refractivity contribution in [2.24, 2.45) is 5.41 Å². The van der Waals surface area contributed by atoms with Crippen molar-refractivity contribution in [3.05, 3.63) is 35.4 Å². The molecule has 1 aromatic carbocycles. The maximum absolute atomic E-state index is 5.63. The molecule has 0 saturated carbocycles. The first-order valence-corrected chi connectivity index (χ1v) is 7.54. The second-order valence-electron chi connectivity index (χ2n) is 6.22. The van der Waals surface area contributed by atoms with Gasteiger partial charge in [-0.25, -0.2) is 0 Å². The van der Waals surface area contributed by atoms with E-state index in [1.54, 1.807) is 0 Å². The molecule has 1 aromatic rings. The number of fused-ring (bicyclic) bond motifs is 1. The summed E-state index contributed by atoms with van der Waals surface area (Å²) in [5, 5.41) is 3.68. The molecule has 0 heterocycles. The third-order valence-electron chi connectivity index (χ3n) is 4.03. The molecule has 0 aromatic heterocycles. The van der Waals surface area contributed by atoms with Crippen LogP contribution in [0.4, 0.5) is 0 Å². The Hall–Kier alpha value is -0.860. The lowest BCUT2D eigenvalue weighted by atomic mass is 9.85. The van der Waals surface area contributed by atoms with Gasteiger partial charge in [-0.2, -0.15) is 0 Å². The van der Waals surface area contributed by atoms with Crippen molar-refractivity contribution < 1.29 is 4.74 Å². The van der Waals surface area contributed by atoms with Crippen LogP contribution in [-0.2, 0) is 11.2 Å². The average molecular weight is 261 g/mol. The molecular weight excluding hydrogens is 234 g/mol. The first-order chi connectivity index (χ1) is 9.15. The highest BCUT2D eigenvalue weighted by molar-refractivity contribution is 5.37. The van der Waals surface area contributed by atoms with E-state index in [1.165, 1.54) is 17.5 Å². The number of unbranched alkanes of at least 4 members (excludes halogenated alkanes) is 1. The van der Waals surface area contributed by atoms with E-state index >= 15 is 0 Å². The summed E-state index contributed by atoms with van der Waals surface area (Å²) in [5.41, 5.74) is 3.27. The number of nitrogens with one attached hydrogen (secondary N) is 1. The molecule has 106 valence electrons. The molecular formula is C17H27NO. The Morgan fingerprint density at radius 3 is 2.84 bits per heavy atom. The van der Waals surface area contributed by atoms with Gasteiger partial charge < -0.3 is 10.1 Å². The fourth-order valence-corrected chi connectivity index (χ4v) is 3.00. The van der Waals surface area contributed by atoms with Crippen LogP contribution >= 0.6 is 0 Å². The number of rotatable bonds is 7. The second kappa shape index (κ2) is 6.53. The summed E-state index contributed by atoms with van der Waals surface area (Å²) >= 11 is 0. The molecule has 1 aliphatic carbocycles. The minimum absolute atomic E-state index is 0.299. The zero-order valence-corrected chi connectivity index (χ0v) is 12.5. The molecule has 0 spiro atoms. The smallest absolute Gasteiger partial charge is 0.0591 e. The fourth-order valence-electron chi connectivity index (χ4n) is 3.00. The summed E-state index contributed by atoms with van der Waals surface area (Å²) in [7, 11) is 0. The Bertz CT molecular complexity index is 400. The Balaban J connectivity index is 1.85. The molecule has 0 aliphatic heterocycles. The van der Waals surface area contributed by atoms with Crippen LogP contribution in [-0.4, -0.2) is 19.8 Å². The maximum Gasteiger partial charge on any atom is 0.0591 e. The summed E-state index contributed by atoms with van der Waals surface area (Å²) in [6, 6.07) is 9.27. The van der Waals surface area contributed by atoms with Crippen LogP contribution in [0.5, 0.6) is 0 Å². The molecule has 0 fully saturated rings. The van der Waals surface area contributed by atoms with Crippen LogP contribution < -0.4 is 5.32 Å². The van der Waals surface area contributed by atoms with E-state index in [4.69, 9.17) is 4.74 Å². The van der Waals surface area contributed by atoms with Crippen LogP contribution in [0, 0.1) is 5.41 Å². The van der Waals surface area contributed by atoms with Crippen molar-refractivity contribution in [1.82, 2.24) is 5.32 Å². The molecule has 1 atom stereocenters. The highest BCUT2D eigenvalue weighted by atomic mass is 16.5. The molecule has 0 saturated heterocycles. The van der Waals surface area contributed by atoms with Gasteiger partial charge in [0, 0.05) is 19.2 Å². The molecule has 0 radical (unpaired) electrons. The van der Waals surface area contributed by atoms with Gasteiger partial charge in [-0.1, -0.05) is 51.5 Å². The van der Waals surface area contributed by atoms with Crippen molar-refractivity contribution in [2.75, 3.05) is 19.8 Å². The molecule has 2 rings (SSSR count). The quantitative estimate of drug-likeness (QED) is 0.755. The molecule has 2 nitrogen and oxygen atoms in total. The van der Waals surface area contributed by atoms with Gasteiger partial charge in [0.1, 0.15) is 0 Å². The van der Waals surface area contributed by atoms with Crippen LogP contribution in [0.1, 0.15) is 50.8 Å². The minimum Gasteiger partial charge on any atom is -0.380 e. The van der Waals surface area contributed by atoms with Gasteiger partial charge in [0.15, 0.2) is 0 Å². The van der Waals surface area contributed by atoms with Crippen molar-refractivity contribution in [3.63, 3.8) is 0 Å². The summed E-state index contributed by atoms with van der Waals surface area (Å²) in [4.78, 5) is 0. The number of hydrogen-bond acceptors (Lipinski definition) is 2. The van der Waals surface area contributed by atoms with Gasteiger partial charge in [-0.15, -0.1) is 0 Å². The zero-order chi connectivity index (χ0) is 13.7. The van der Waals surface area contributed by atoms with Gasteiger partial charge in [-0.05, 0) is 29.4 Å². The summed E-state index contributed by atoms with van der Waals surface area (Å²) in [5.74, 6) is 0. The monoisotopic (exact) mass is 261 g/mol. The van der Waals surface area contributed by atoms with Crippen molar-refractivity contribution in [3.8, 4) is 0 Å². The van der Waals surface area contributed by atoms with Gasteiger partial charge in [0.2, 0.25) is 0 Å². The Morgan fingerprint density at radius 1 is 1.26 bits per heavy atom. The van der Waals surface area contributed by atoms with E-state index in [2.05, 4.69) is 50.4 Å². The zero-order valence-electron chi connectivity index (χ0n) is 12.5. The van der Waals surface area contributed by atoms with Crippen molar-refractivity contribution in [1.29, 1.82) is 0 Å². The second-order valence-corrected chi connectivity index (χ2v) is 6.22. The summed E-state index contributed by atoms with van der Waals surface area (Å²) in [6.07, 6.45) is 3.53. The lowest BCUT2D eigenvalue weighted by Gasteiger charge is -2.28. The predicted octanol–water partition coefficient (Wildman–Crippen LogP) is 3.72. The van der Waals surface area contributed by atoms with E-state index in [0.717, 1.165) is 32.6 Å². The topological polar surface area (TPSA) is 21.3 Å². The molecule has 2 heteroatoms. The molecule has 0 amide bonds. The normalized spacial score (nSPS) is 20.5. The van der Waals surface area contributed by atoms with Crippen molar-refractivity contribution >= 4 is 0 Å². The highest BCUT2D eigenvalue weighted by Crippen LogP contribution is 2.44. The first-order valence-electron chi connectivity index (χ1n) is 7.54. The highest BCUT2D eigenvalue weighted by Gasteiger charge is 2.37. The van der Waals surface area contributed by atoms with Crippen LogP contribution in [0.3, 0.4) is 0 Å². The third-order valence-corrected chi connectivity index (χ3v) is 4.03. The minimum atomic E-state index is 0.299. The Labute approximate surface area is 117 Å². The van der Waals surface area contributed by atoms with Gasteiger partial charge in [0.05, 0.1) is 6.61 Å². The van der Waals surface area contributed by atoms with Crippen LogP contribution in [0.2, 0.25) is 0 Å². The maximum atomic E-state index is 5.63. The van der Waals surface area contributed by atoms with Gasteiger partial charge >= 0.3 is 0 Å². The Morgan fingerprint density at radius 2 is 2.05 bits per heavy atom. The summed E-state index contributed by atoms with van der Waals surface area (Å²) < 4.78 is 5.63. The van der Waals surface area contributed by atoms with Crippen LogP contribution in [0.15, 0.2) is 24.3 Å². The van der Waals surface area contributed by atoms with E-state index in [0.29, 0.717) is 11.5 Å². The molecule has 0 bridgehead atoms. The van der Waals surface area contributed by atoms with E-state index in [-0.39, 0.29) is 0 Å². The largest absolute Gasteiger partial charge is 0.380 e. The predicted molar refractivity (Wildman–Crippen MR) is 80.4 cm³/mol. The number of ether oxygens (including phenoxy) is 1. The van der Waals surface area contributed by atoms with E-state index in [1.807, 2.05) is 0 Å². The van der Waals surface area contributed by atoms with E-state index < -0.39 is 0 Å². The lowest BCUT2D eigenvalue weighted by Crippen LogP contribution is -2.33. The van der Waals surface area contributed by atoms with Gasteiger partial charge in [-0.3, -0.25) is 0 Å².